The molecule has 6 heteroatoms. The fourth-order valence-electron chi connectivity index (χ4n) is 3.23. The standard InChI is InChI=1S/C18H24O6/c1-23-16(20)14(17(21)24-2)11-12-6-5-7-13(10-12)18(22)9-4-3-8-15(18)19/h5-7,10,14-15,19,22H,3-4,8-9,11H2,1-2H3/t15-,18-/m1/s1. The molecule has 132 valence electrons. The maximum atomic E-state index is 11.8. The molecule has 0 aliphatic heterocycles. The van der Waals surface area contributed by atoms with Crippen molar-refractivity contribution < 1.29 is 29.3 Å². The van der Waals surface area contributed by atoms with E-state index in [2.05, 4.69) is 9.47 Å². The fourth-order valence-corrected chi connectivity index (χ4v) is 3.23. The van der Waals surface area contributed by atoms with E-state index in [0.29, 0.717) is 24.0 Å². The molecule has 1 aliphatic carbocycles. The van der Waals surface area contributed by atoms with E-state index >= 15 is 0 Å². The summed E-state index contributed by atoms with van der Waals surface area (Å²) in [4.78, 5) is 23.6. The molecule has 0 unspecified atom stereocenters. The Labute approximate surface area is 141 Å². The smallest absolute Gasteiger partial charge is 0.320 e. The highest BCUT2D eigenvalue weighted by Crippen LogP contribution is 2.37. The zero-order chi connectivity index (χ0) is 17.7. The first-order chi connectivity index (χ1) is 11.4. The zero-order valence-corrected chi connectivity index (χ0v) is 14.0. The van der Waals surface area contributed by atoms with E-state index in [1.165, 1.54) is 14.2 Å². The minimum Gasteiger partial charge on any atom is -0.468 e. The Balaban J connectivity index is 2.26. The molecule has 1 aromatic rings. The van der Waals surface area contributed by atoms with Crippen molar-refractivity contribution in [2.24, 2.45) is 5.92 Å². The van der Waals surface area contributed by atoms with Gasteiger partial charge < -0.3 is 19.7 Å². The Kier molecular flexibility index (Phi) is 5.96. The third-order valence-corrected chi connectivity index (χ3v) is 4.67. The zero-order valence-electron chi connectivity index (χ0n) is 14.0. The number of methoxy groups -OCH3 is 2. The number of benzene rings is 1. The topological polar surface area (TPSA) is 93.1 Å². The van der Waals surface area contributed by atoms with Crippen LogP contribution in [0.5, 0.6) is 0 Å². The molecule has 6 nitrogen and oxygen atoms in total. The van der Waals surface area contributed by atoms with Crippen molar-refractivity contribution in [2.45, 2.75) is 43.8 Å². The minimum absolute atomic E-state index is 0.110. The van der Waals surface area contributed by atoms with Gasteiger partial charge in [0.1, 0.15) is 5.60 Å². The summed E-state index contributed by atoms with van der Waals surface area (Å²) in [5.41, 5.74) is 0.000452. The summed E-state index contributed by atoms with van der Waals surface area (Å²) < 4.78 is 9.32. The molecule has 24 heavy (non-hydrogen) atoms. The molecule has 2 rings (SSSR count). The van der Waals surface area contributed by atoms with Gasteiger partial charge in [0.2, 0.25) is 0 Å². The van der Waals surface area contributed by atoms with E-state index in [-0.39, 0.29) is 6.42 Å². The molecule has 1 aromatic carbocycles. The van der Waals surface area contributed by atoms with Gasteiger partial charge in [0.25, 0.3) is 0 Å². The van der Waals surface area contributed by atoms with Crippen LogP contribution in [0.25, 0.3) is 0 Å². The number of aliphatic hydroxyl groups is 2. The third kappa shape index (κ3) is 3.76. The Hall–Kier alpha value is -1.92. The Morgan fingerprint density at radius 1 is 1.25 bits per heavy atom. The summed E-state index contributed by atoms with van der Waals surface area (Å²) in [7, 11) is 2.44. The van der Waals surface area contributed by atoms with Gasteiger partial charge in [0.15, 0.2) is 5.92 Å². The lowest BCUT2D eigenvalue weighted by molar-refractivity contribution is -0.158. The molecule has 0 aromatic heterocycles. The monoisotopic (exact) mass is 336 g/mol. The van der Waals surface area contributed by atoms with Crippen LogP contribution in [-0.2, 0) is 31.1 Å². The van der Waals surface area contributed by atoms with Gasteiger partial charge in [-0.2, -0.15) is 0 Å². The van der Waals surface area contributed by atoms with Crippen LogP contribution in [0, 0.1) is 5.92 Å². The number of esters is 2. The fraction of sp³-hybridized carbons (Fsp3) is 0.556. The van der Waals surface area contributed by atoms with Crippen molar-refractivity contribution in [3.63, 3.8) is 0 Å². The third-order valence-electron chi connectivity index (χ3n) is 4.67. The second-order valence-electron chi connectivity index (χ2n) is 6.19. The lowest BCUT2D eigenvalue weighted by atomic mass is 9.77. The van der Waals surface area contributed by atoms with Crippen molar-refractivity contribution in [3.05, 3.63) is 35.4 Å². The number of carbonyl (C=O) groups excluding carboxylic acids is 2. The molecule has 0 amide bonds. The normalized spacial score (nSPS) is 23.8. The second-order valence-corrected chi connectivity index (χ2v) is 6.19. The van der Waals surface area contributed by atoms with E-state index in [1.54, 1.807) is 24.3 Å². The first-order valence-electron chi connectivity index (χ1n) is 8.08. The van der Waals surface area contributed by atoms with Crippen LogP contribution in [0.3, 0.4) is 0 Å². The van der Waals surface area contributed by atoms with E-state index in [9.17, 15) is 19.8 Å². The molecule has 2 atom stereocenters. The average molecular weight is 336 g/mol. The number of rotatable bonds is 5. The summed E-state index contributed by atoms with van der Waals surface area (Å²) in [5, 5.41) is 21.1. The number of hydrogen-bond acceptors (Lipinski definition) is 6. The molecule has 1 fully saturated rings. The predicted molar refractivity (Wildman–Crippen MR) is 86.0 cm³/mol. The van der Waals surface area contributed by atoms with Gasteiger partial charge in [-0.05, 0) is 30.4 Å². The molecule has 1 aliphatic rings. The van der Waals surface area contributed by atoms with Crippen LogP contribution in [0.1, 0.15) is 36.8 Å². The van der Waals surface area contributed by atoms with Gasteiger partial charge in [-0.25, -0.2) is 0 Å². The highest BCUT2D eigenvalue weighted by molar-refractivity contribution is 5.95. The molecule has 2 N–H and O–H groups in total. The molecule has 0 bridgehead atoms. The molecule has 0 spiro atoms. The molecule has 1 saturated carbocycles. The predicted octanol–water partition coefficient (Wildman–Crippen LogP) is 1.31. The van der Waals surface area contributed by atoms with E-state index in [4.69, 9.17) is 0 Å². The summed E-state index contributed by atoms with van der Waals surface area (Å²) in [6.07, 6.45) is 2.04. The first kappa shape index (κ1) is 18.4. The highest BCUT2D eigenvalue weighted by atomic mass is 16.5. The lowest BCUT2D eigenvalue weighted by Gasteiger charge is -2.37. The van der Waals surface area contributed by atoms with E-state index in [1.807, 2.05) is 0 Å². The Bertz CT molecular complexity index is 583. The van der Waals surface area contributed by atoms with Crippen molar-refractivity contribution in [1.29, 1.82) is 0 Å². The van der Waals surface area contributed by atoms with Gasteiger partial charge in [-0.15, -0.1) is 0 Å². The SMILES string of the molecule is COC(=O)C(Cc1cccc([C@]2(O)CCCC[C@H]2O)c1)C(=O)OC. The van der Waals surface area contributed by atoms with Crippen LogP contribution in [-0.4, -0.2) is 42.5 Å². The minimum atomic E-state index is -1.29. The number of hydrogen-bond donors (Lipinski definition) is 2. The quantitative estimate of drug-likeness (QED) is 0.622. The van der Waals surface area contributed by atoms with Crippen molar-refractivity contribution >= 4 is 11.9 Å². The van der Waals surface area contributed by atoms with Crippen molar-refractivity contribution in [1.82, 2.24) is 0 Å². The van der Waals surface area contributed by atoms with Crippen LogP contribution >= 0.6 is 0 Å². The molecule has 0 saturated heterocycles. The molecular weight excluding hydrogens is 312 g/mol. The number of carbonyl (C=O) groups is 2. The largest absolute Gasteiger partial charge is 0.468 e. The van der Waals surface area contributed by atoms with Gasteiger partial charge >= 0.3 is 11.9 Å². The summed E-state index contributed by atoms with van der Waals surface area (Å²) in [6.45, 7) is 0. The maximum absolute atomic E-state index is 11.8. The molecular formula is C18H24O6. The average Bonchev–Trinajstić information content (AvgIpc) is 2.61. The summed E-state index contributed by atoms with van der Waals surface area (Å²) >= 11 is 0. The lowest BCUT2D eigenvalue weighted by Crippen LogP contribution is -2.42. The highest BCUT2D eigenvalue weighted by Gasteiger charge is 2.39. The van der Waals surface area contributed by atoms with Crippen molar-refractivity contribution in [2.75, 3.05) is 14.2 Å². The van der Waals surface area contributed by atoms with E-state index < -0.39 is 29.6 Å². The number of ether oxygens (including phenoxy) is 2. The Morgan fingerprint density at radius 2 is 1.92 bits per heavy atom. The number of aliphatic hydroxyl groups excluding tert-OH is 1. The van der Waals surface area contributed by atoms with Gasteiger partial charge in [0, 0.05) is 0 Å². The second kappa shape index (κ2) is 7.77. The van der Waals surface area contributed by atoms with Gasteiger partial charge in [-0.1, -0.05) is 37.1 Å². The van der Waals surface area contributed by atoms with Crippen LogP contribution in [0.4, 0.5) is 0 Å². The summed E-state index contributed by atoms with van der Waals surface area (Å²) in [5.74, 6) is -2.38. The molecule has 0 radical (unpaired) electrons. The molecule has 0 heterocycles. The van der Waals surface area contributed by atoms with E-state index in [0.717, 1.165) is 12.8 Å². The maximum Gasteiger partial charge on any atom is 0.320 e. The van der Waals surface area contributed by atoms with Gasteiger partial charge in [0.05, 0.1) is 20.3 Å². The van der Waals surface area contributed by atoms with Crippen LogP contribution in [0.2, 0.25) is 0 Å². The Morgan fingerprint density at radius 3 is 2.50 bits per heavy atom. The first-order valence-corrected chi connectivity index (χ1v) is 8.08. The van der Waals surface area contributed by atoms with Crippen LogP contribution < -0.4 is 0 Å². The summed E-state index contributed by atoms with van der Waals surface area (Å²) in [6, 6.07) is 6.99. The van der Waals surface area contributed by atoms with Crippen LogP contribution in [0.15, 0.2) is 24.3 Å². The van der Waals surface area contributed by atoms with Gasteiger partial charge in [-0.3, -0.25) is 9.59 Å². The van der Waals surface area contributed by atoms with Crippen molar-refractivity contribution in [3.8, 4) is 0 Å².